The first-order valence-electron chi connectivity index (χ1n) is 13.1. The number of aromatic nitrogens is 1. The number of unbranched alkanes of at least 4 members (excludes halogenated alkanes) is 5. The second kappa shape index (κ2) is 14.9. The molecule has 0 radical (unpaired) electrons. The average molecular weight is 551 g/mol. The number of amides is 1. The lowest BCUT2D eigenvalue weighted by Crippen LogP contribution is -2.65. The van der Waals surface area contributed by atoms with Gasteiger partial charge in [-0.15, -0.1) is 0 Å². The highest BCUT2D eigenvalue weighted by Gasteiger charge is 2.46. The molecule has 2 aromatic rings. The van der Waals surface area contributed by atoms with Crippen LogP contribution in [0.1, 0.15) is 55.4 Å². The van der Waals surface area contributed by atoms with E-state index in [9.17, 15) is 29.7 Å². The number of H-pyrrole nitrogens is 1. The highest BCUT2D eigenvalue weighted by molar-refractivity contribution is 5.96. The van der Waals surface area contributed by atoms with Crippen molar-refractivity contribution >= 4 is 22.8 Å². The number of benzene rings is 1. The van der Waals surface area contributed by atoms with E-state index in [2.05, 4.69) is 15.0 Å². The monoisotopic (exact) mass is 550 g/mol. The third-order valence-electron chi connectivity index (χ3n) is 6.80. The highest BCUT2D eigenvalue weighted by Crippen LogP contribution is 2.25. The quantitative estimate of drug-likeness (QED) is 0.170. The highest BCUT2D eigenvalue weighted by atomic mass is 16.7. The lowest BCUT2D eigenvalue weighted by Gasteiger charge is -2.43. The molecule has 1 amide bonds. The van der Waals surface area contributed by atoms with Gasteiger partial charge in [-0.3, -0.25) is 14.4 Å². The van der Waals surface area contributed by atoms with E-state index in [0.717, 1.165) is 38.2 Å². The molecule has 12 heteroatoms. The van der Waals surface area contributed by atoms with Crippen molar-refractivity contribution in [3.8, 4) is 5.75 Å². The Kier molecular flexibility index (Phi) is 11.7. The van der Waals surface area contributed by atoms with E-state index in [0.29, 0.717) is 19.4 Å². The predicted molar refractivity (Wildman–Crippen MR) is 140 cm³/mol. The minimum absolute atomic E-state index is 0.103. The van der Waals surface area contributed by atoms with Crippen molar-refractivity contribution < 1.29 is 43.9 Å². The van der Waals surface area contributed by atoms with Gasteiger partial charge in [0.1, 0.15) is 35.8 Å². The van der Waals surface area contributed by atoms with Gasteiger partial charge in [0.05, 0.1) is 19.2 Å². The number of hydrogen-bond acceptors (Lipinski definition) is 10. The largest absolute Gasteiger partial charge is 0.506 e. The number of phenolic OH excluding ortho intramolecular Hbond substituents is 1. The number of phenols is 1. The van der Waals surface area contributed by atoms with Crippen molar-refractivity contribution in [1.29, 1.82) is 0 Å². The van der Waals surface area contributed by atoms with Gasteiger partial charge in [0.2, 0.25) is 0 Å². The Bertz CT molecular complexity index is 1150. The molecule has 1 aromatic heterocycles. The lowest BCUT2D eigenvalue weighted by molar-refractivity contribution is -0.273. The van der Waals surface area contributed by atoms with Crippen LogP contribution in [0.3, 0.4) is 0 Å². The van der Waals surface area contributed by atoms with Gasteiger partial charge in [-0.05, 0) is 25.0 Å². The van der Waals surface area contributed by atoms with E-state index >= 15 is 0 Å². The zero-order valence-electron chi connectivity index (χ0n) is 22.3. The number of aromatic amines is 1. The second-order valence-electron chi connectivity index (χ2n) is 9.48. The molecule has 3 rings (SSSR count). The summed E-state index contributed by atoms with van der Waals surface area (Å²) < 4.78 is 21.8. The predicted octanol–water partition coefficient (Wildman–Crippen LogP) is 1.35. The van der Waals surface area contributed by atoms with E-state index in [-0.39, 0.29) is 28.3 Å². The number of para-hydroxylation sites is 1. The van der Waals surface area contributed by atoms with Gasteiger partial charge < -0.3 is 44.6 Å². The van der Waals surface area contributed by atoms with Crippen LogP contribution in [0, 0.1) is 0 Å². The first-order valence-corrected chi connectivity index (χ1v) is 13.1. The Hall–Kier alpha value is -3.03. The summed E-state index contributed by atoms with van der Waals surface area (Å²) in [5, 5.41) is 33.4. The molecule has 0 aliphatic carbocycles. The molecule has 1 aromatic carbocycles. The zero-order valence-corrected chi connectivity index (χ0v) is 22.3. The van der Waals surface area contributed by atoms with Crippen molar-refractivity contribution in [1.82, 2.24) is 10.3 Å². The molecule has 5 N–H and O–H groups in total. The fourth-order valence-electron chi connectivity index (χ4n) is 4.63. The molecular formula is C27H38N2O10. The molecule has 0 spiro atoms. The normalized spacial score (nSPS) is 23.0. The molecule has 0 bridgehead atoms. The molecule has 1 fully saturated rings. The standard InChI is InChI=1S/C27H38N2O10/c1-36-21(33)12-7-5-3-4-6-8-13-38-27-23(25(37-2)24(34)20(15-30)39-27)29-26(35)17-14-19(32)16-10-9-11-18(31)22(16)28-17/h9-11,14,20,23-25,27,30-31,34H,3-8,12-13,15H2,1-2H3,(H,28,32)(H,29,35)/t20?,23?,24-,25?,27+/m0/s1. The Labute approximate surface area is 226 Å². The Morgan fingerprint density at radius 2 is 1.82 bits per heavy atom. The van der Waals surface area contributed by atoms with Gasteiger partial charge >= 0.3 is 5.97 Å². The van der Waals surface area contributed by atoms with Gasteiger partial charge in [-0.25, -0.2) is 0 Å². The Morgan fingerprint density at radius 1 is 1.10 bits per heavy atom. The number of fused-ring (bicyclic) bond motifs is 1. The number of methoxy groups -OCH3 is 2. The topological polar surface area (TPSA) is 177 Å². The number of carbonyl (C=O) groups is 2. The van der Waals surface area contributed by atoms with E-state index in [1.54, 1.807) is 0 Å². The fourth-order valence-corrected chi connectivity index (χ4v) is 4.63. The van der Waals surface area contributed by atoms with Gasteiger partial charge in [0, 0.05) is 31.6 Å². The van der Waals surface area contributed by atoms with Crippen LogP contribution in [-0.4, -0.2) is 90.3 Å². The first kappa shape index (κ1) is 30.5. The fraction of sp³-hybridized carbons (Fsp3) is 0.593. The minimum atomic E-state index is -1.25. The number of esters is 1. The molecule has 5 atom stereocenters. The minimum Gasteiger partial charge on any atom is -0.506 e. The van der Waals surface area contributed by atoms with Crippen LogP contribution in [0.25, 0.3) is 10.9 Å². The lowest BCUT2D eigenvalue weighted by atomic mass is 9.96. The molecular weight excluding hydrogens is 512 g/mol. The number of hydrogen-bond donors (Lipinski definition) is 5. The summed E-state index contributed by atoms with van der Waals surface area (Å²) in [6, 6.07) is 4.61. The van der Waals surface area contributed by atoms with Crippen molar-refractivity contribution in [3.63, 3.8) is 0 Å². The maximum atomic E-state index is 13.2. The molecule has 1 saturated heterocycles. The van der Waals surface area contributed by atoms with Crippen LogP contribution in [0.2, 0.25) is 0 Å². The van der Waals surface area contributed by atoms with Gasteiger partial charge in [-0.2, -0.15) is 0 Å². The summed E-state index contributed by atoms with van der Waals surface area (Å²) in [7, 11) is 2.74. The van der Waals surface area contributed by atoms with Crippen molar-refractivity contribution in [3.05, 3.63) is 40.2 Å². The van der Waals surface area contributed by atoms with Crippen LogP contribution >= 0.6 is 0 Å². The summed E-state index contributed by atoms with van der Waals surface area (Å²) in [6.07, 6.45) is 1.38. The third kappa shape index (κ3) is 7.99. The maximum Gasteiger partial charge on any atom is 0.305 e. The molecule has 1 aliphatic rings. The molecule has 216 valence electrons. The summed E-state index contributed by atoms with van der Waals surface area (Å²) in [4.78, 5) is 39.6. The van der Waals surface area contributed by atoms with Crippen LogP contribution < -0.4 is 10.7 Å². The number of pyridine rings is 1. The van der Waals surface area contributed by atoms with Crippen LogP contribution in [-0.2, 0) is 23.7 Å². The second-order valence-corrected chi connectivity index (χ2v) is 9.48. The molecule has 2 heterocycles. The van der Waals surface area contributed by atoms with Crippen molar-refractivity contribution in [2.24, 2.45) is 0 Å². The number of carbonyl (C=O) groups excluding carboxylic acids is 2. The maximum absolute atomic E-state index is 13.2. The Morgan fingerprint density at radius 3 is 2.51 bits per heavy atom. The number of aliphatic hydroxyl groups excluding tert-OH is 2. The molecule has 1 aliphatic heterocycles. The van der Waals surface area contributed by atoms with Crippen molar-refractivity contribution in [2.75, 3.05) is 27.4 Å². The molecule has 3 unspecified atom stereocenters. The van der Waals surface area contributed by atoms with E-state index in [4.69, 9.17) is 14.2 Å². The molecule has 39 heavy (non-hydrogen) atoms. The SMILES string of the molecule is COC(=O)CCCCCCCCO[C@@H]1OC(CO)[C@H](O)C(OC)C1NC(=O)c1cc(=O)c2cccc(O)c2[nH]1. The zero-order chi connectivity index (χ0) is 28.4. The van der Waals surface area contributed by atoms with Gasteiger partial charge in [0.15, 0.2) is 11.7 Å². The van der Waals surface area contributed by atoms with Gasteiger partial charge in [-0.1, -0.05) is 31.7 Å². The van der Waals surface area contributed by atoms with E-state index in [1.807, 2.05) is 0 Å². The van der Waals surface area contributed by atoms with Crippen LogP contribution in [0.15, 0.2) is 29.1 Å². The molecule has 12 nitrogen and oxygen atoms in total. The number of ether oxygens (including phenoxy) is 4. The first-order chi connectivity index (χ1) is 18.8. The average Bonchev–Trinajstić information content (AvgIpc) is 2.93. The summed E-state index contributed by atoms with van der Waals surface area (Å²) in [6.45, 7) is -0.186. The van der Waals surface area contributed by atoms with E-state index in [1.165, 1.54) is 32.4 Å². The Balaban J connectivity index is 1.62. The van der Waals surface area contributed by atoms with Crippen LogP contribution in [0.4, 0.5) is 0 Å². The summed E-state index contributed by atoms with van der Waals surface area (Å²) >= 11 is 0. The number of nitrogens with one attached hydrogen (secondary N) is 2. The van der Waals surface area contributed by atoms with Crippen molar-refractivity contribution in [2.45, 2.75) is 75.6 Å². The molecule has 0 saturated carbocycles. The summed E-state index contributed by atoms with van der Waals surface area (Å²) in [5.74, 6) is -1.08. The summed E-state index contributed by atoms with van der Waals surface area (Å²) in [5.41, 5.74) is -0.433. The van der Waals surface area contributed by atoms with Crippen LogP contribution in [0.5, 0.6) is 5.75 Å². The van der Waals surface area contributed by atoms with Gasteiger partial charge in [0.25, 0.3) is 5.91 Å². The number of rotatable bonds is 14. The van der Waals surface area contributed by atoms with E-state index < -0.39 is 48.6 Å². The smallest absolute Gasteiger partial charge is 0.305 e. The number of aliphatic hydroxyl groups is 2. The number of aromatic hydroxyl groups is 1. The third-order valence-corrected chi connectivity index (χ3v) is 6.80.